The van der Waals surface area contributed by atoms with Gasteiger partial charge in [-0.1, -0.05) is 15.9 Å². The maximum atomic E-state index is 12.1. The van der Waals surface area contributed by atoms with Crippen molar-refractivity contribution >= 4 is 45.4 Å². The Kier molecular flexibility index (Phi) is 6.35. The zero-order valence-corrected chi connectivity index (χ0v) is 13.9. The molecule has 1 rings (SSSR count). The van der Waals surface area contributed by atoms with Crippen LogP contribution in [-0.2, 0) is 0 Å². The van der Waals surface area contributed by atoms with Crippen LogP contribution in [0.15, 0.2) is 22.7 Å². The molecule has 0 aliphatic carbocycles. The number of carboxylic acid groups (broad SMARTS) is 1. The molecule has 0 bridgehead atoms. The number of nitrogens with zero attached hydrogens (tertiary/aromatic N) is 1. The zero-order chi connectivity index (χ0) is 15.3. The van der Waals surface area contributed by atoms with Crippen LogP contribution in [0.5, 0.6) is 0 Å². The van der Waals surface area contributed by atoms with Crippen LogP contribution in [0.25, 0.3) is 0 Å². The van der Waals surface area contributed by atoms with Gasteiger partial charge in [-0.05, 0) is 31.4 Å². The summed E-state index contributed by atoms with van der Waals surface area (Å²) in [5, 5.41) is 11.8. The van der Waals surface area contributed by atoms with Crippen molar-refractivity contribution in [1.29, 1.82) is 0 Å². The van der Waals surface area contributed by atoms with Crippen molar-refractivity contribution in [3.8, 4) is 0 Å². The number of urea groups is 1. The lowest BCUT2D eigenvalue weighted by Gasteiger charge is -2.25. The van der Waals surface area contributed by atoms with Crippen LogP contribution in [0.2, 0.25) is 0 Å². The highest BCUT2D eigenvalue weighted by molar-refractivity contribution is 9.10. The van der Waals surface area contributed by atoms with Gasteiger partial charge in [0.05, 0.1) is 11.3 Å². The van der Waals surface area contributed by atoms with E-state index in [2.05, 4.69) is 21.2 Å². The van der Waals surface area contributed by atoms with Crippen molar-refractivity contribution in [3.05, 3.63) is 28.2 Å². The van der Waals surface area contributed by atoms with Gasteiger partial charge in [0.25, 0.3) is 0 Å². The van der Waals surface area contributed by atoms with E-state index in [1.54, 1.807) is 35.8 Å². The van der Waals surface area contributed by atoms with Crippen LogP contribution < -0.4 is 5.32 Å². The third-order valence-electron chi connectivity index (χ3n) is 2.84. The number of carbonyl (C=O) groups excluding carboxylic acids is 1. The SMILES string of the molecule is CSCC(C)N(C)C(=O)Nc1cc(Br)ccc1C(=O)O. The third kappa shape index (κ3) is 4.42. The molecule has 1 aromatic rings. The molecule has 20 heavy (non-hydrogen) atoms. The summed E-state index contributed by atoms with van der Waals surface area (Å²) in [7, 11) is 1.69. The van der Waals surface area contributed by atoms with Crippen LogP contribution >= 0.6 is 27.7 Å². The maximum Gasteiger partial charge on any atom is 0.337 e. The number of rotatable bonds is 5. The van der Waals surface area contributed by atoms with Crippen LogP contribution in [0, 0.1) is 0 Å². The lowest BCUT2D eigenvalue weighted by atomic mass is 10.2. The number of carbonyl (C=O) groups is 2. The smallest absolute Gasteiger partial charge is 0.337 e. The van der Waals surface area contributed by atoms with Gasteiger partial charge in [-0.25, -0.2) is 9.59 Å². The Bertz CT molecular complexity index is 510. The molecular formula is C13H17BrN2O3S. The van der Waals surface area contributed by atoms with Gasteiger partial charge in [0.2, 0.25) is 0 Å². The summed E-state index contributed by atoms with van der Waals surface area (Å²) < 4.78 is 0.706. The van der Waals surface area contributed by atoms with Crippen molar-refractivity contribution < 1.29 is 14.7 Å². The largest absolute Gasteiger partial charge is 0.478 e. The number of aromatic carboxylic acids is 1. The van der Waals surface area contributed by atoms with Crippen molar-refractivity contribution in [3.63, 3.8) is 0 Å². The van der Waals surface area contributed by atoms with E-state index < -0.39 is 5.97 Å². The fourth-order valence-electron chi connectivity index (χ4n) is 1.56. The van der Waals surface area contributed by atoms with Gasteiger partial charge in [-0.15, -0.1) is 0 Å². The van der Waals surface area contributed by atoms with E-state index in [9.17, 15) is 9.59 Å². The highest BCUT2D eigenvalue weighted by Gasteiger charge is 2.18. The van der Waals surface area contributed by atoms with Gasteiger partial charge in [0.1, 0.15) is 0 Å². The predicted octanol–water partition coefficient (Wildman–Crippen LogP) is 3.36. The molecule has 5 nitrogen and oxygen atoms in total. The number of anilines is 1. The summed E-state index contributed by atoms with van der Waals surface area (Å²) in [6, 6.07) is 4.39. The first-order valence-electron chi connectivity index (χ1n) is 5.92. The Morgan fingerprint density at radius 3 is 2.70 bits per heavy atom. The monoisotopic (exact) mass is 360 g/mol. The minimum atomic E-state index is -1.08. The Balaban J connectivity index is 2.90. The molecule has 2 N–H and O–H groups in total. The summed E-state index contributed by atoms with van der Waals surface area (Å²) in [6.45, 7) is 1.94. The summed E-state index contributed by atoms with van der Waals surface area (Å²) in [4.78, 5) is 24.8. The minimum Gasteiger partial charge on any atom is -0.478 e. The molecule has 0 heterocycles. The highest BCUT2D eigenvalue weighted by Crippen LogP contribution is 2.22. The van der Waals surface area contributed by atoms with Gasteiger partial charge in [0.15, 0.2) is 0 Å². The normalized spacial score (nSPS) is 11.8. The number of nitrogens with one attached hydrogen (secondary N) is 1. The average molecular weight is 361 g/mol. The average Bonchev–Trinajstić information content (AvgIpc) is 2.37. The summed E-state index contributed by atoms with van der Waals surface area (Å²) >= 11 is 4.91. The molecule has 1 atom stereocenters. The van der Waals surface area contributed by atoms with E-state index in [1.807, 2.05) is 13.2 Å². The Morgan fingerprint density at radius 2 is 2.15 bits per heavy atom. The molecule has 0 radical (unpaired) electrons. The third-order valence-corrected chi connectivity index (χ3v) is 4.15. The van der Waals surface area contributed by atoms with Gasteiger partial charge < -0.3 is 15.3 Å². The van der Waals surface area contributed by atoms with E-state index in [0.29, 0.717) is 4.47 Å². The summed E-state index contributed by atoms with van der Waals surface area (Å²) in [5.41, 5.74) is 0.340. The van der Waals surface area contributed by atoms with Crippen molar-refractivity contribution in [1.82, 2.24) is 4.90 Å². The summed E-state index contributed by atoms with van der Waals surface area (Å²) in [5.74, 6) is -0.263. The molecule has 0 fully saturated rings. The second kappa shape index (κ2) is 7.54. The molecule has 7 heteroatoms. The number of carboxylic acids is 1. The van der Waals surface area contributed by atoms with Gasteiger partial charge >= 0.3 is 12.0 Å². The fourth-order valence-corrected chi connectivity index (χ4v) is 2.63. The molecule has 2 amide bonds. The summed E-state index contributed by atoms with van der Waals surface area (Å²) in [6.07, 6.45) is 1.97. The zero-order valence-electron chi connectivity index (χ0n) is 11.5. The lowest BCUT2D eigenvalue weighted by molar-refractivity contribution is 0.0698. The number of hydrogen-bond acceptors (Lipinski definition) is 3. The van der Waals surface area contributed by atoms with E-state index in [-0.39, 0.29) is 23.3 Å². The number of benzene rings is 1. The van der Waals surface area contributed by atoms with Crippen molar-refractivity contribution in [2.75, 3.05) is 24.4 Å². The van der Waals surface area contributed by atoms with Gasteiger partial charge in [0, 0.05) is 23.3 Å². The Morgan fingerprint density at radius 1 is 1.50 bits per heavy atom. The molecular weight excluding hydrogens is 344 g/mol. The minimum absolute atomic E-state index is 0.0606. The Labute approximate surface area is 130 Å². The topological polar surface area (TPSA) is 69.6 Å². The highest BCUT2D eigenvalue weighted by atomic mass is 79.9. The van der Waals surface area contributed by atoms with E-state index in [1.165, 1.54) is 6.07 Å². The van der Waals surface area contributed by atoms with Crippen molar-refractivity contribution in [2.45, 2.75) is 13.0 Å². The van der Waals surface area contributed by atoms with Crippen LogP contribution in [0.3, 0.4) is 0 Å². The lowest BCUT2D eigenvalue weighted by Crippen LogP contribution is -2.39. The predicted molar refractivity (Wildman–Crippen MR) is 85.7 cm³/mol. The van der Waals surface area contributed by atoms with Gasteiger partial charge in [-0.3, -0.25) is 0 Å². The quantitative estimate of drug-likeness (QED) is 0.844. The maximum absolute atomic E-state index is 12.1. The fraction of sp³-hybridized carbons (Fsp3) is 0.385. The molecule has 110 valence electrons. The van der Waals surface area contributed by atoms with Crippen LogP contribution in [-0.4, -0.2) is 47.1 Å². The molecule has 0 aliphatic heterocycles. The molecule has 0 spiro atoms. The first-order valence-corrected chi connectivity index (χ1v) is 8.11. The van der Waals surface area contributed by atoms with E-state index >= 15 is 0 Å². The van der Waals surface area contributed by atoms with E-state index in [0.717, 1.165) is 5.75 Å². The molecule has 0 saturated carbocycles. The number of halogens is 1. The number of amides is 2. The standard InChI is InChI=1S/C13H17BrN2O3S/c1-8(7-20-3)16(2)13(19)15-11-6-9(14)4-5-10(11)12(17)18/h4-6,8H,7H2,1-3H3,(H,15,19)(H,17,18). The second-order valence-corrected chi connectivity index (χ2v) is 6.17. The first-order chi connectivity index (χ1) is 9.36. The Hall–Kier alpha value is -1.21. The molecule has 1 unspecified atom stereocenters. The first kappa shape index (κ1) is 16.8. The van der Waals surface area contributed by atoms with Crippen LogP contribution in [0.4, 0.5) is 10.5 Å². The molecule has 0 saturated heterocycles. The number of thioether (sulfide) groups is 1. The molecule has 1 aromatic carbocycles. The molecule has 0 aliphatic rings. The number of hydrogen-bond donors (Lipinski definition) is 2. The second-order valence-electron chi connectivity index (χ2n) is 4.34. The molecule has 0 aromatic heterocycles. The van der Waals surface area contributed by atoms with Gasteiger partial charge in [-0.2, -0.15) is 11.8 Å². The van der Waals surface area contributed by atoms with E-state index in [4.69, 9.17) is 5.11 Å². The van der Waals surface area contributed by atoms with Crippen LogP contribution in [0.1, 0.15) is 17.3 Å². The van der Waals surface area contributed by atoms with Crippen molar-refractivity contribution in [2.24, 2.45) is 0 Å².